The molecular weight excluding hydrogens is 536 g/mol. The summed E-state index contributed by atoms with van der Waals surface area (Å²) in [7, 11) is 1.85. The van der Waals surface area contributed by atoms with E-state index in [1.165, 1.54) is 24.8 Å². The van der Waals surface area contributed by atoms with Gasteiger partial charge in [-0.15, -0.1) is 0 Å². The third-order valence-corrected chi connectivity index (χ3v) is 8.26. The lowest BCUT2D eigenvalue weighted by Gasteiger charge is -2.26. The zero-order valence-electron chi connectivity index (χ0n) is 24.8. The Morgan fingerprint density at radius 1 is 0.977 bits per heavy atom. The van der Waals surface area contributed by atoms with E-state index in [2.05, 4.69) is 57.1 Å². The summed E-state index contributed by atoms with van der Waals surface area (Å²) in [5.74, 6) is -0.409. The van der Waals surface area contributed by atoms with Crippen molar-refractivity contribution >= 4 is 34.5 Å². The normalized spacial score (nSPS) is 16.7. The molecule has 8 heteroatoms. The van der Waals surface area contributed by atoms with Crippen LogP contribution in [-0.2, 0) is 18.4 Å². The highest BCUT2D eigenvalue weighted by atomic mass is 16.2. The molecule has 43 heavy (non-hydrogen) atoms. The maximum atomic E-state index is 13.5. The van der Waals surface area contributed by atoms with Gasteiger partial charge in [0, 0.05) is 47.9 Å². The van der Waals surface area contributed by atoms with E-state index in [0.717, 1.165) is 42.9 Å². The lowest BCUT2D eigenvalue weighted by molar-refractivity contribution is -0.110. The van der Waals surface area contributed by atoms with E-state index in [1.807, 2.05) is 43.6 Å². The van der Waals surface area contributed by atoms with Crippen molar-refractivity contribution in [2.24, 2.45) is 7.05 Å². The van der Waals surface area contributed by atoms with Crippen LogP contribution in [0.2, 0.25) is 0 Å². The number of fused-ring (bicyclic) bond motifs is 1. The quantitative estimate of drug-likeness (QED) is 0.207. The summed E-state index contributed by atoms with van der Waals surface area (Å²) in [4.78, 5) is 29.4. The fourth-order valence-corrected chi connectivity index (χ4v) is 5.95. The molecule has 0 spiro atoms. The Labute approximate surface area is 252 Å². The molecule has 6 rings (SSSR count). The largest absolute Gasteiger partial charge is 0.354 e. The minimum Gasteiger partial charge on any atom is -0.354 e. The first-order chi connectivity index (χ1) is 21.0. The molecule has 220 valence electrons. The van der Waals surface area contributed by atoms with Crippen LogP contribution in [0.1, 0.15) is 71.3 Å². The maximum absolute atomic E-state index is 13.5. The van der Waals surface area contributed by atoms with E-state index < -0.39 is 0 Å². The number of aryl methyl sites for hydroxylation is 1. The highest BCUT2D eigenvalue weighted by Gasteiger charge is 2.30. The van der Waals surface area contributed by atoms with E-state index in [1.54, 1.807) is 29.1 Å². The van der Waals surface area contributed by atoms with Gasteiger partial charge < -0.3 is 16.0 Å². The fraction of sp³-hybridized carbons (Fsp3) is 0.286. The third-order valence-electron chi connectivity index (χ3n) is 8.26. The van der Waals surface area contributed by atoms with Gasteiger partial charge in [0.05, 0.1) is 23.5 Å². The zero-order chi connectivity index (χ0) is 29.8. The van der Waals surface area contributed by atoms with Crippen molar-refractivity contribution in [3.8, 4) is 0 Å². The minimum absolute atomic E-state index is 0.109. The van der Waals surface area contributed by atoms with E-state index in [-0.39, 0.29) is 17.9 Å². The average molecular weight is 575 g/mol. The Morgan fingerprint density at radius 3 is 2.44 bits per heavy atom. The van der Waals surface area contributed by atoms with Crippen LogP contribution in [0, 0.1) is 0 Å². The number of amides is 2. The molecule has 4 aromatic rings. The first kappa shape index (κ1) is 28.4. The number of carbonyl (C=O) groups excluding carboxylic acids is 2. The molecule has 1 fully saturated rings. The second-order valence-electron chi connectivity index (χ2n) is 11.4. The summed E-state index contributed by atoms with van der Waals surface area (Å²) in [6.07, 6.45) is 8.24. The average Bonchev–Trinajstić information content (AvgIpc) is 3.62. The number of carbonyl (C=O) groups is 2. The number of nitrogens with zero attached hydrogens (tertiary/aromatic N) is 3. The number of rotatable bonds is 9. The molecule has 0 unspecified atom stereocenters. The van der Waals surface area contributed by atoms with Crippen molar-refractivity contribution < 1.29 is 9.59 Å². The van der Waals surface area contributed by atoms with Crippen LogP contribution in [0.4, 0.5) is 11.4 Å². The number of aromatic nitrogens is 2. The second kappa shape index (κ2) is 12.7. The molecule has 0 radical (unpaired) electrons. The Balaban J connectivity index is 1.30. The molecule has 0 saturated carbocycles. The molecule has 3 heterocycles. The highest BCUT2D eigenvalue weighted by Crippen LogP contribution is 2.38. The molecule has 2 aliphatic rings. The number of hydrogen-bond acceptors (Lipinski definition) is 5. The molecule has 2 aliphatic heterocycles. The van der Waals surface area contributed by atoms with Crippen molar-refractivity contribution in [3.63, 3.8) is 0 Å². The monoisotopic (exact) mass is 574 g/mol. The smallest absolute Gasteiger partial charge is 0.258 e. The number of benzene rings is 3. The van der Waals surface area contributed by atoms with Gasteiger partial charge in [0.1, 0.15) is 0 Å². The number of hydrogen-bond donors (Lipinski definition) is 3. The number of likely N-dealkylation sites (tertiary alicyclic amines) is 1. The molecule has 3 aromatic carbocycles. The highest BCUT2D eigenvalue weighted by molar-refractivity contribution is 6.37. The SMILES string of the molecule is CC[C@@H](NC(=O)c1ccc2c(c1)C(=C(Nc1ccc(CN3CCCCC3)cc1)c1cnn(C)c1)C(=O)N2)c1ccccc1. The van der Waals surface area contributed by atoms with Gasteiger partial charge in [-0.2, -0.15) is 5.10 Å². The Hall–Kier alpha value is -4.69. The number of piperidine rings is 1. The summed E-state index contributed by atoms with van der Waals surface area (Å²) in [6.45, 7) is 5.30. The first-order valence-corrected chi connectivity index (χ1v) is 15.1. The molecular formula is C35H38N6O2. The standard InChI is InChI=1S/C35H38N6O2/c1-3-30(25-10-6-4-7-11-25)38-34(42)26-14-17-31-29(20-26)32(35(43)39-31)33(27-21-36-40(2)23-27)37-28-15-12-24(13-16-28)22-41-18-8-5-9-19-41/h4,6-7,10-17,20-21,23,30,37H,3,5,8-9,18-19,22H2,1-2H3,(H,38,42)(H,39,43)/t30-/m1/s1. The Kier molecular flexibility index (Phi) is 8.38. The maximum Gasteiger partial charge on any atom is 0.258 e. The second-order valence-corrected chi connectivity index (χ2v) is 11.4. The molecule has 1 aromatic heterocycles. The summed E-state index contributed by atoms with van der Waals surface area (Å²) < 4.78 is 1.71. The zero-order valence-corrected chi connectivity index (χ0v) is 24.8. The molecule has 8 nitrogen and oxygen atoms in total. The number of anilines is 2. The van der Waals surface area contributed by atoms with E-state index in [0.29, 0.717) is 28.1 Å². The van der Waals surface area contributed by atoms with Gasteiger partial charge in [0.15, 0.2) is 0 Å². The molecule has 0 aliphatic carbocycles. The molecule has 3 N–H and O–H groups in total. The van der Waals surface area contributed by atoms with E-state index >= 15 is 0 Å². The predicted octanol–water partition coefficient (Wildman–Crippen LogP) is 6.22. The molecule has 2 amide bonds. The van der Waals surface area contributed by atoms with Gasteiger partial charge >= 0.3 is 0 Å². The summed E-state index contributed by atoms with van der Waals surface area (Å²) in [6, 6.07) is 23.6. The topological polar surface area (TPSA) is 91.3 Å². The van der Waals surface area contributed by atoms with Crippen molar-refractivity contribution in [1.29, 1.82) is 0 Å². The summed E-state index contributed by atoms with van der Waals surface area (Å²) >= 11 is 0. The summed E-state index contributed by atoms with van der Waals surface area (Å²) in [5.41, 5.74) is 6.94. The lowest BCUT2D eigenvalue weighted by atomic mass is 9.99. The minimum atomic E-state index is -0.226. The fourth-order valence-electron chi connectivity index (χ4n) is 5.95. The number of nitrogens with one attached hydrogen (secondary N) is 3. The first-order valence-electron chi connectivity index (χ1n) is 15.1. The van der Waals surface area contributed by atoms with Crippen molar-refractivity contribution in [1.82, 2.24) is 20.0 Å². The molecule has 1 saturated heterocycles. The van der Waals surface area contributed by atoms with Crippen LogP contribution in [0.3, 0.4) is 0 Å². The van der Waals surface area contributed by atoms with Crippen LogP contribution in [-0.4, -0.2) is 39.6 Å². The van der Waals surface area contributed by atoms with Crippen LogP contribution in [0.5, 0.6) is 0 Å². The lowest BCUT2D eigenvalue weighted by Crippen LogP contribution is -2.29. The van der Waals surface area contributed by atoms with Crippen LogP contribution in [0.25, 0.3) is 11.3 Å². The van der Waals surface area contributed by atoms with Crippen molar-refractivity contribution in [2.75, 3.05) is 23.7 Å². The van der Waals surface area contributed by atoms with Gasteiger partial charge in [-0.1, -0.05) is 55.8 Å². The van der Waals surface area contributed by atoms with E-state index in [4.69, 9.17) is 0 Å². The van der Waals surface area contributed by atoms with Gasteiger partial charge in [-0.3, -0.25) is 19.2 Å². The van der Waals surface area contributed by atoms with Crippen molar-refractivity contribution in [2.45, 2.75) is 45.2 Å². The Bertz CT molecular complexity index is 1630. The molecule has 0 bridgehead atoms. The predicted molar refractivity (Wildman–Crippen MR) is 171 cm³/mol. The van der Waals surface area contributed by atoms with Crippen LogP contribution >= 0.6 is 0 Å². The van der Waals surface area contributed by atoms with Crippen LogP contribution < -0.4 is 16.0 Å². The van der Waals surface area contributed by atoms with Gasteiger partial charge in [0.2, 0.25) is 0 Å². The van der Waals surface area contributed by atoms with Gasteiger partial charge in [0.25, 0.3) is 11.8 Å². The van der Waals surface area contributed by atoms with Gasteiger partial charge in [-0.05, 0) is 73.8 Å². The van der Waals surface area contributed by atoms with Crippen LogP contribution in [0.15, 0.2) is 85.2 Å². The van der Waals surface area contributed by atoms with Crippen molar-refractivity contribution in [3.05, 3.63) is 113 Å². The summed E-state index contributed by atoms with van der Waals surface area (Å²) in [5, 5.41) is 14.0. The molecule has 1 atom stereocenters. The van der Waals surface area contributed by atoms with E-state index in [9.17, 15) is 9.59 Å². The Morgan fingerprint density at radius 2 is 1.74 bits per heavy atom. The van der Waals surface area contributed by atoms with Gasteiger partial charge in [-0.25, -0.2) is 0 Å². The third kappa shape index (κ3) is 6.39.